The van der Waals surface area contributed by atoms with Crippen molar-refractivity contribution in [1.82, 2.24) is 9.97 Å². The van der Waals surface area contributed by atoms with E-state index in [4.69, 9.17) is 16.3 Å². The van der Waals surface area contributed by atoms with Gasteiger partial charge in [-0.25, -0.2) is 14.4 Å². The molecule has 0 bridgehead atoms. The highest BCUT2D eigenvalue weighted by Crippen LogP contribution is 2.42. The third-order valence-electron chi connectivity index (χ3n) is 2.88. The van der Waals surface area contributed by atoms with Crippen molar-refractivity contribution in [1.29, 1.82) is 0 Å². The molecule has 2 aromatic rings. The van der Waals surface area contributed by atoms with Crippen molar-refractivity contribution in [3.05, 3.63) is 28.8 Å². The normalized spacial score (nSPS) is 15.2. The molecule has 0 unspecified atom stereocenters. The van der Waals surface area contributed by atoms with E-state index in [1.807, 2.05) is 0 Å². The van der Waals surface area contributed by atoms with E-state index in [2.05, 4.69) is 9.97 Å². The number of hydrogen-bond acceptors (Lipinski definition) is 3. The highest BCUT2D eigenvalue weighted by molar-refractivity contribution is 6.30. The average molecular weight is 253 g/mol. The molecule has 3 rings (SSSR count). The molecule has 1 fully saturated rings. The zero-order chi connectivity index (χ0) is 12.0. The van der Waals surface area contributed by atoms with E-state index < -0.39 is 5.82 Å². The van der Waals surface area contributed by atoms with E-state index in [-0.39, 0.29) is 5.75 Å². The van der Waals surface area contributed by atoms with Crippen molar-refractivity contribution in [3.8, 4) is 5.75 Å². The summed E-state index contributed by atoms with van der Waals surface area (Å²) in [6.45, 7) is 0. The predicted octanol–water partition coefficient (Wildman–Crippen LogP) is 3.31. The van der Waals surface area contributed by atoms with Crippen LogP contribution in [0.25, 0.3) is 11.0 Å². The van der Waals surface area contributed by atoms with Gasteiger partial charge >= 0.3 is 0 Å². The van der Waals surface area contributed by atoms with Crippen LogP contribution < -0.4 is 4.74 Å². The van der Waals surface area contributed by atoms with Crippen molar-refractivity contribution in [2.24, 2.45) is 0 Å². The number of methoxy groups -OCH3 is 1. The molecule has 3 nitrogen and oxygen atoms in total. The second-order valence-corrected chi connectivity index (χ2v) is 4.51. The molecule has 1 aromatic carbocycles. The Morgan fingerprint density at radius 2 is 2.00 bits per heavy atom. The van der Waals surface area contributed by atoms with Gasteiger partial charge in [-0.15, -0.1) is 0 Å². The van der Waals surface area contributed by atoms with Crippen LogP contribution in [0.3, 0.4) is 0 Å². The molecular weight excluding hydrogens is 243 g/mol. The Hall–Kier alpha value is -1.42. The molecule has 5 heteroatoms. The zero-order valence-electron chi connectivity index (χ0n) is 9.20. The van der Waals surface area contributed by atoms with Gasteiger partial charge in [0.2, 0.25) is 0 Å². The first-order valence-corrected chi connectivity index (χ1v) is 5.77. The third-order valence-corrected chi connectivity index (χ3v) is 3.16. The van der Waals surface area contributed by atoms with E-state index >= 15 is 0 Å². The third kappa shape index (κ3) is 1.82. The first kappa shape index (κ1) is 10.7. The molecule has 1 aliphatic rings. The lowest BCUT2D eigenvalue weighted by atomic mass is 10.2. The van der Waals surface area contributed by atoms with Gasteiger partial charge < -0.3 is 4.74 Å². The summed E-state index contributed by atoms with van der Waals surface area (Å²) in [5.74, 6) is 0.116. The van der Waals surface area contributed by atoms with Crippen LogP contribution in [-0.4, -0.2) is 17.1 Å². The van der Waals surface area contributed by atoms with Crippen LogP contribution >= 0.6 is 11.6 Å². The van der Waals surface area contributed by atoms with Crippen LogP contribution in [0, 0.1) is 5.82 Å². The Morgan fingerprint density at radius 3 is 2.65 bits per heavy atom. The van der Waals surface area contributed by atoms with Gasteiger partial charge in [0.25, 0.3) is 0 Å². The summed E-state index contributed by atoms with van der Waals surface area (Å²) in [5.41, 5.74) is 1.86. The van der Waals surface area contributed by atoms with Crippen LogP contribution in [0.1, 0.15) is 24.5 Å². The number of ether oxygens (including phenoxy) is 1. The number of rotatable bonds is 2. The van der Waals surface area contributed by atoms with Crippen molar-refractivity contribution in [2.45, 2.75) is 18.8 Å². The molecule has 1 saturated carbocycles. The van der Waals surface area contributed by atoms with Gasteiger partial charge in [-0.2, -0.15) is 0 Å². The van der Waals surface area contributed by atoms with Crippen LogP contribution in [0.2, 0.25) is 5.15 Å². The molecule has 0 N–H and O–H groups in total. The summed E-state index contributed by atoms with van der Waals surface area (Å²) in [5, 5.41) is 0.411. The van der Waals surface area contributed by atoms with E-state index in [1.54, 1.807) is 0 Å². The summed E-state index contributed by atoms with van der Waals surface area (Å²) in [7, 11) is 1.41. The maximum Gasteiger partial charge on any atom is 0.167 e. The van der Waals surface area contributed by atoms with Crippen LogP contribution in [-0.2, 0) is 0 Å². The summed E-state index contributed by atoms with van der Waals surface area (Å²) in [4.78, 5) is 8.63. The minimum Gasteiger partial charge on any atom is -0.494 e. The molecule has 0 radical (unpaired) electrons. The van der Waals surface area contributed by atoms with Crippen LogP contribution in [0.4, 0.5) is 4.39 Å². The average Bonchev–Trinajstić information content (AvgIpc) is 3.12. The molecule has 0 amide bonds. The smallest absolute Gasteiger partial charge is 0.167 e. The predicted molar refractivity (Wildman–Crippen MR) is 63.0 cm³/mol. The quantitative estimate of drug-likeness (QED) is 0.823. The second kappa shape index (κ2) is 3.81. The Balaban J connectivity index is 2.22. The zero-order valence-corrected chi connectivity index (χ0v) is 9.96. The minimum absolute atomic E-state index is 0.155. The molecule has 1 heterocycles. The van der Waals surface area contributed by atoms with Crippen molar-refractivity contribution in [3.63, 3.8) is 0 Å². The van der Waals surface area contributed by atoms with Gasteiger partial charge in [-0.05, 0) is 12.8 Å². The number of aromatic nitrogens is 2. The highest BCUT2D eigenvalue weighted by Gasteiger charge is 2.28. The Bertz CT molecular complexity index is 599. The summed E-state index contributed by atoms with van der Waals surface area (Å²) >= 11 is 6.07. The lowest BCUT2D eigenvalue weighted by Crippen LogP contribution is -1.96. The molecule has 88 valence electrons. The SMILES string of the molecule is COc1cc2nc(Cl)c(C3CC3)nc2cc1F. The van der Waals surface area contributed by atoms with Gasteiger partial charge in [0.15, 0.2) is 16.7 Å². The molecular formula is C12H10ClFN2O. The maximum absolute atomic E-state index is 13.5. The van der Waals surface area contributed by atoms with Crippen molar-refractivity contribution >= 4 is 22.6 Å². The Kier molecular flexibility index (Phi) is 2.40. The topological polar surface area (TPSA) is 35.0 Å². The van der Waals surface area contributed by atoms with Crippen LogP contribution in [0.5, 0.6) is 5.75 Å². The first-order chi connectivity index (χ1) is 8.19. The molecule has 0 atom stereocenters. The maximum atomic E-state index is 13.5. The Labute approximate surface area is 103 Å². The van der Waals surface area contributed by atoms with E-state index in [0.29, 0.717) is 22.1 Å². The standard InChI is InChI=1S/C12H10ClFN2O/c1-17-10-5-9-8(4-7(10)14)15-11(6-2-3-6)12(13)16-9/h4-6H,2-3H2,1H3. The highest BCUT2D eigenvalue weighted by atomic mass is 35.5. The lowest BCUT2D eigenvalue weighted by molar-refractivity contribution is 0.387. The molecule has 0 spiro atoms. The number of benzene rings is 1. The fourth-order valence-electron chi connectivity index (χ4n) is 1.82. The first-order valence-electron chi connectivity index (χ1n) is 5.39. The number of fused-ring (bicyclic) bond motifs is 1. The van der Waals surface area contributed by atoms with Gasteiger partial charge in [-0.1, -0.05) is 11.6 Å². The molecule has 0 saturated heterocycles. The van der Waals surface area contributed by atoms with Gasteiger partial charge in [0.1, 0.15) is 0 Å². The lowest BCUT2D eigenvalue weighted by Gasteiger charge is -2.06. The van der Waals surface area contributed by atoms with Gasteiger partial charge in [0.05, 0.1) is 23.8 Å². The molecule has 1 aliphatic carbocycles. The number of nitrogens with zero attached hydrogens (tertiary/aromatic N) is 2. The largest absolute Gasteiger partial charge is 0.494 e. The van der Waals surface area contributed by atoms with Gasteiger partial charge in [-0.3, -0.25) is 0 Å². The minimum atomic E-state index is -0.432. The molecule has 17 heavy (non-hydrogen) atoms. The van der Waals surface area contributed by atoms with Crippen molar-refractivity contribution in [2.75, 3.05) is 7.11 Å². The van der Waals surface area contributed by atoms with Crippen LogP contribution in [0.15, 0.2) is 12.1 Å². The van der Waals surface area contributed by atoms with Gasteiger partial charge in [0, 0.05) is 18.1 Å². The second-order valence-electron chi connectivity index (χ2n) is 4.15. The van der Waals surface area contributed by atoms with E-state index in [1.165, 1.54) is 19.2 Å². The summed E-state index contributed by atoms with van der Waals surface area (Å²) in [6.07, 6.45) is 2.16. The van der Waals surface area contributed by atoms with Crippen molar-refractivity contribution < 1.29 is 9.13 Å². The fourth-order valence-corrected chi connectivity index (χ4v) is 2.11. The molecule has 0 aliphatic heterocycles. The molecule has 1 aromatic heterocycles. The summed E-state index contributed by atoms with van der Waals surface area (Å²) in [6, 6.07) is 2.85. The number of hydrogen-bond donors (Lipinski definition) is 0. The Morgan fingerprint density at radius 1 is 1.29 bits per heavy atom. The fraction of sp³-hybridized carbons (Fsp3) is 0.333. The monoisotopic (exact) mass is 252 g/mol. The van der Waals surface area contributed by atoms with E-state index in [9.17, 15) is 4.39 Å². The summed E-state index contributed by atoms with van der Waals surface area (Å²) < 4.78 is 18.4. The van der Waals surface area contributed by atoms with E-state index in [0.717, 1.165) is 18.5 Å². The number of halogens is 2.